The van der Waals surface area contributed by atoms with Crippen LogP contribution in [0.25, 0.3) is 10.9 Å². The molecule has 106 valence electrons. The molecule has 0 radical (unpaired) electrons. The zero-order valence-corrected chi connectivity index (χ0v) is 11.9. The van der Waals surface area contributed by atoms with Crippen molar-refractivity contribution in [2.45, 2.75) is 44.6 Å². The lowest BCUT2D eigenvalue weighted by Gasteiger charge is -2.27. The minimum Gasteiger partial charge on any atom is -0.339 e. The summed E-state index contributed by atoms with van der Waals surface area (Å²) in [7, 11) is 1.94. The van der Waals surface area contributed by atoms with Crippen molar-refractivity contribution in [2.75, 3.05) is 7.05 Å². The molecule has 1 fully saturated rings. The van der Waals surface area contributed by atoms with Gasteiger partial charge in [-0.2, -0.15) is 5.10 Å². The highest BCUT2D eigenvalue weighted by Gasteiger charge is 2.23. The van der Waals surface area contributed by atoms with E-state index in [9.17, 15) is 4.79 Å². The van der Waals surface area contributed by atoms with E-state index >= 15 is 0 Å². The van der Waals surface area contributed by atoms with Gasteiger partial charge in [0.15, 0.2) is 0 Å². The molecule has 0 spiro atoms. The van der Waals surface area contributed by atoms with Gasteiger partial charge < -0.3 is 4.90 Å². The third-order valence-electron chi connectivity index (χ3n) is 4.40. The summed E-state index contributed by atoms with van der Waals surface area (Å²) >= 11 is 0. The van der Waals surface area contributed by atoms with Gasteiger partial charge in [0.1, 0.15) is 0 Å². The van der Waals surface area contributed by atoms with Crippen LogP contribution in [0.5, 0.6) is 0 Å². The number of benzene rings is 1. The first-order valence-corrected chi connectivity index (χ1v) is 7.46. The third-order valence-corrected chi connectivity index (χ3v) is 4.40. The van der Waals surface area contributed by atoms with Crippen LogP contribution in [-0.2, 0) is 0 Å². The number of H-pyrrole nitrogens is 1. The third kappa shape index (κ3) is 2.42. The zero-order chi connectivity index (χ0) is 13.9. The van der Waals surface area contributed by atoms with Gasteiger partial charge in [0.25, 0.3) is 5.91 Å². The van der Waals surface area contributed by atoms with E-state index < -0.39 is 0 Å². The Morgan fingerprint density at radius 2 is 2.00 bits per heavy atom. The predicted octanol–water partition coefficient (Wildman–Crippen LogP) is 3.36. The number of carbonyl (C=O) groups is 1. The highest BCUT2D eigenvalue weighted by Crippen LogP contribution is 2.24. The Bertz CT molecular complexity index is 597. The van der Waals surface area contributed by atoms with Crippen molar-refractivity contribution in [3.63, 3.8) is 0 Å². The Morgan fingerprint density at radius 3 is 2.75 bits per heavy atom. The molecule has 0 unspecified atom stereocenters. The molecule has 1 saturated carbocycles. The normalized spacial score (nSPS) is 17.1. The summed E-state index contributed by atoms with van der Waals surface area (Å²) in [5, 5.41) is 7.97. The average Bonchev–Trinajstić information content (AvgIpc) is 2.79. The molecule has 1 heterocycles. The van der Waals surface area contributed by atoms with Crippen LogP contribution in [-0.4, -0.2) is 34.1 Å². The molecular formula is C16H21N3O. The second-order valence-corrected chi connectivity index (χ2v) is 5.70. The number of para-hydroxylation sites is 1. The molecule has 0 aliphatic heterocycles. The summed E-state index contributed by atoms with van der Waals surface area (Å²) in [5.74, 6) is 0.103. The van der Waals surface area contributed by atoms with E-state index in [4.69, 9.17) is 0 Å². The Kier molecular flexibility index (Phi) is 3.72. The summed E-state index contributed by atoms with van der Waals surface area (Å²) in [6.07, 6.45) is 9.08. The van der Waals surface area contributed by atoms with E-state index in [0.717, 1.165) is 29.3 Å². The molecule has 1 N–H and O–H groups in total. The van der Waals surface area contributed by atoms with Crippen molar-refractivity contribution >= 4 is 16.8 Å². The Morgan fingerprint density at radius 1 is 1.25 bits per heavy atom. The molecule has 2 aromatic rings. The molecule has 4 heteroatoms. The van der Waals surface area contributed by atoms with Gasteiger partial charge in [-0.1, -0.05) is 37.8 Å². The van der Waals surface area contributed by atoms with Crippen LogP contribution in [0.4, 0.5) is 0 Å². The molecule has 1 amide bonds. The summed E-state index contributed by atoms with van der Waals surface area (Å²) in [4.78, 5) is 14.7. The number of carbonyl (C=O) groups excluding carboxylic acids is 1. The van der Waals surface area contributed by atoms with E-state index in [0.29, 0.717) is 6.04 Å². The number of rotatable bonds is 2. The van der Waals surface area contributed by atoms with Crippen LogP contribution in [0.15, 0.2) is 24.4 Å². The van der Waals surface area contributed by atoms with Gasteiger partial charge in [-0.3, -0.25) is 9.89 Å². The number of hydrogen-bond acceptors (Lipinski definition) is 2. The second-order valence-electron chi connectivity index (χ2n) is 5.70. The molecule has 0 saturated heterocycles. The molecule has 1 aliphatic carbocycles. The first kappa shape index (κ1) is 13.2. The zero-order valence-electron chi connectivity index (χ0n) is 11.9. The van der Waals surface area contributed by atoms with Gasteiger partial charge in [0.05, 0.1) is 17.3 Å². The fraction of sp³-hybridized carbons (Fsp3) is 0.500. The molecule has 0 atom stereocenters. The summed E-state index contributed by atoms with van der Waals surface area (Å²) in [6, 6.07) is 6.16. The lowest BCUT2D eigenvalue weighted by molar-refractivity contribution is 0.0719. The minimum atomic E-state index is 0.103. The average molecular weight is 271 g/mol. The number of amides is 1. The predicted molar refractivity (Wildman–Crippen MR) is 79.7 cm³/mol. The molecule has 0 bridgehead atoms. The smallest absolute Gasteiger partial charge is 0.256 e. The summed E-state index contributed by atoms with van der Waals surface area (Å²) in [5.41, 5.74) is 1.57. The van der Waals surface area contributed by atoms with Crippen LogP contribution in [0.3, 0.4) is 0 Å². The Hall–Kier alpha value is -1.84. The van der Waals surface area contributed by atoms with Gasteiger partial charge in [-0.05, 0) is 18.9 Å². The van der Waals surface area contributed by atoms with E-state index in [-0.39, 0.29) is 5.91 Å². The van der Waals surface area contributed by atoms with Gasteiger partial charge in [-0.15, -0.1) is 0 Å². The minimum absolute atomic E-state index is 0.103. The van der Waals surface area contributed by atoms with Crippen molar-refractivity contribution in [1.82, 2.24) is 15.1 Å². The molecule has 4 nitrogen and oxygen atoms in total. The first-order chi connectivity index (χ1) is 9.77. The van der Waals surface area contributed by atoms with E-state index in [1.165, 1.54) is 25.7 Å². The van der Waals surface area contributed by atoms with Crippen molar-refractivity contribution < 1.29 is 4.79 Å². The maximum Gasteiger partial charge on any atom is 0.256 e. The van der Waals surface area contributed by atoms with Crippen LogP contribution < -0.4 is 0 Å². The highest BCUT2D eigenvalue weighted by molar-refractivity contribution is 6.05. The van der Waals surface area contributed by atoms with Crippen molar-refractivity contribution in [1.29, 1.82) is 0 Å². The molecular weight excluding hydrogens is 250 g/mol. The summed E-state index contributed by atoms with van der Waals surface area (Å²) < 4.78 is 0. The largest absolute Gasteiger partial charge is 0.339 e. The number of aromatic nitrogens is 2. The Labute approximate surface area is 119 Å². The SMILES string of the molecule is CN(C(=O)c1cccc2cn[nH]c12)C1CCCCCC1. The van der Waals surface area contributed by atoms with Gasteiger partial charge in [-0.25, -0.2) is 0 Å². The lowest BCUT2D eigenvalue weighted by atomic mass is 10.1. The van der Waals surface area contributed by atoms with Crippen LogP contribution in [0, 0.1) is 0 Å². The van der Waals surface area contributed by atoms with Crippen LogP contribution >= 0.6 is 0 Å². The standard InChI is InChI=1S/C16H21N3O/c1-19(13-8-4-2-3-5-9-13)16(20)14-10-6-7-12-11-17-18-15(12)14/h6-7,10-11,13H,2-5,8-9H2,1H3,(H,17,18). The van der Waals surface area contributed by atoms with Gasteiger partial charge >= 0.3 is 0 Å². The molecule has 1 aromatic carbocycles. The maximum absolute atomic E-state index is 12.7. The highest BCUT2D eigenvalue weighted by atomic mass is 16.2. The van der Waals surface area contributed by atoms with E-state index in [1.54, 1.807) is 6.20 Å². The summed E-state index contributed by atoms with van der Waals surface area (Å²) in [6.45, 7) is 0. The van der Waals surface area contributed by atoms with E-state index in [1.807, 2.05) is 30.1 Å². The van der Waals surface area contributed by atoms with E-state index in [2.05, 4.69) is 10.2 Å². The monoisotopic (exact) mass is 271 g/mol. The maximum atomic E-state index is 12.7. The number of nitrogens with one attached hydrogen (secondary N) is 1. The van der Waals surface area contributed by atoms with Gasteiger partial charge in [0.2, 0.25) is 0 Å². The van der Waals surface area contributed by atoms with Gasteiger partial charge in [0, 0.05) is 18.5 Å². The Balaban J connectivity index is 1.85. The number of aromatic amines is 1. The van der Waals surface area contributed by atoms with Crippen LogP contribution in [0.1, 0.15) is 48.9 Å². The topological polar surface area (TPSA) is 49.0 Å². The molecule has 20 heavy (non-hydrogen) atoms. The first-order valence-electron chi connectivity index (χ1n) is 7.46. The van der Waals surface area contributed by atoms with Crippen LogP contribution in [0.2, 0.25) is 0 Å². The number of hydrogen-bond donors (Lipinski definition) is 1. The molecule has 3 rings (SSSR count). The lowest BCUT2D eigenvalue weighted by Crippen LogP contribution is -2.36. The number of fused-ring (bicyclic) bond motifs is 1. The number of nitrogens with zero attached hydrogens (tertiary/aromatic N) is 2. The van der Waals surface area contributed by atoms with Crippen molar-refractivity contribution in [3.05, 3.63) is 30.0 Å². The quantitative estimate of drug-likeness (QED) is 0.851. The molecule has 1 aromatic heterocycles. The fourth-order valence-electron chi connectivity index (χ4n) is 3.15. The molecule has 1 aliphatic rings. The second kappa shape index (κ2) is 5.65. The fourth-order valence-corrected chi connectivity index (χ4v) is 3.15. The van der Waals surface area contributed by atoms with Crippen molar-refractivity contribution in [3.8, 4) is 0 Å². The van der Waals surface area contributed by atoms with Crippen molar-refractivity contribution in [2.24, 2.45) is 0 Å².